The number of ether oxygens (including phenoxy) is 1. The van der Waals surface area contributed by atoms with E-state index in [4.69, 9.17) is 4.74 Å². The van der Waals surface area contributed by atoms with Crippen molar-refractivity contribution < 1.29 is 13.9 Å². The number of hydrogen-bond acceptors (Lipinski definition) is 3. The number of hydrogen-bond donors (Lipinski definition) is 0. The molecule has 0 N–H and O–H groups in total. The smallest absolute Gasteiger partial charge is 0.243 e. The summed E-state index contributed by atoms with van der Waals surface area (Å²) in [6.45, 7) is 2.57. The van der Waals surface area contributed by atoms with E-state index in [1.165, 1.54) is 11.0 Å². The van der Waals surface area contributed by atoms with Crippen molar-refractivity contribution in [1.82, 2.24) is 4.90 Å². The highest BCUT2D eigenvalue weighted by atomic mass is 19.1. The van der Waals surface area contributed by atoms with Crippen molar-refractivity contribution in [2.75, 3.05) is 20.3 Å². The van der Waals surface area contributed by atoms with Gasteiger partial charge in [-0.05, 0) is 25.8 Å². The largest absolute Gasteiger partial charge is 0.381 e. The van der Waals surface area contributed by atoms with Crippen molar-refractivity contribution in [1.29, 1.82) is 5.26 Å². The zero-order valence-corrected chi connectivity index (χ0v) is 12.3. The predicted octanol–water partition coefficient (Wildman–Crippen LogP) is 2.67. The number of rotatable bonds is 3. The van der Waals surface area contributed by atoms with Gasteiger partial charge in [0.15, 0.2) is 0 Å². The molecule has 1 amide bonds. The van der Waals surface area contributed by atoms with Crippen molar-refractivity contribution >= 4 is 5.91 Å². The minimum absolute atomic E-state index is 0.260. The first-order valence-corrected chi connectivity index (χ1v) is 7.02. The molecule has 1 aromatic carbocycles. The molecule has 5 heteroatoms. The molecule has 0 spiro atoms. The van der Waals surface area contributed by atoms with Crippen LogP contribution in [0.5, 0.6) is 0 Å². The van der Waals surface area contributed by atoms with Crippen LogP contribution in [-0.2, 0) is 9.53 Å². The minimum Gasteiger partial charge on any atom is -0.381 e. The van der Waals surface area contributed by atoms with E-state index in [0.717, 1.165) is 0 Å². The van der Waals surface area contributed by atoms with Gasteiger partial charge in [0.25, 0.3) is 0 Å². The first-order chi connectivity index (χ1) is 10.0. The number of amides is 1. The quantitative estimate of drug-likeness (QED) is 0.860. The normalized spacial score (nSPS) is 18.6. The SMILES string of the molecule is CC(c1ccccc1F)N(C)C(=O)C1(C#N)CCOCC1. The third-order valence-corrected chi connectivity index (χ3v) is 4.23. The van der Waals surface area contributed by atoms with Crippen LogP contribution in [0.15, 0.2) is 24.3 Å². The molecule has 1 fully saturated rings. The second kappa shape index (κ2) is 6.23. The molecule has 2 rings (SSSR count). The van der Waals surface area contributed by atoms with Crippen molar-refractivity contribution in [2.45, 2.75) is 25.8 Å². The fourth-order valence-corrected chi connectivity index (χ4v) is 2.63. The van der Waals surface area contributed by atoms with Gasteiger partial charge in [-0.25, -0.2) is 4.39 Å². The van der Waals surface area contributed by atoms with E-state index < -0.39 is 11.5 Å². The maximum absolute atomic E-state index is 13.9. The standard InChI is InChI=1S/C16H19FN2O2/c1-12(13-5-3-4-6-14(13)17)19(2)15(20)16(11-18)7-9-21-10-8-16/h3-6,12H,7-10H2,1-2H3. The zero-order valence-electron chi connectivity index (χ0n) is 12.3. The highest BCUT2D eigenvalue weighted by molar-refractivity contribution is 5.85. The molecule has 4 nitrogen and oxygen atoms in total. The number of benzene rings is 1. The average molecular weight is 290 g/mol. The predicted molar refractivity (Wildman–Crippen MR) is 75.7 cm³/mol. The van der Waals surface area contributed by atoms with Gasteiger partial charge >= 0.3 is 0 Å². The maximum atomic E-state index is 13.9. The Balaban J connectivity index is 2.22. The van der Waals surface area contributed by atoms with Gasteiger partial charge in [-0.15, -0.1) is 0 Å². The van der Waals surface area contributed by atoms with Crippen LogP contribution >= 0.6 is 0 Å². The molecule has 0 saturated carbocycles. The Morgan fingerprint density at radius 1 is 1.43 bits per heavy atom. The summed E-state index contributed by atoms with van der Waals surface area (Å²) >= 11 is 0. The summed E-state index contributed by atoms with van der Waals surface area (Å²) in [4.78, 5) is 14.2. The molecule has 1 aliphatic rings. The number of halogens is 1. The summed E-state index contributed by atoms with van der Waals surface area (Å²) in [5.74, 6) is -0.605. The van der Waals surface area contributed by atoms with Crippen LogP contribution in [-0.4, -0.2) is 31.1 Å². The molecule has 0 radical (unpaired) electrons. The van der Waals surface area contributed by atoms with Crippen LogP contribution in [0, 0.1) is 22.6 Å². The fraction of sp³-hybridized carbons (Fsp3) is 0.500. The number of carbonyl (C=O) groups is 1. The van der Waals surface area contributed by atoms with Crippen molar-refractivity contribution in [2.24, 2.45) is 5.41 Å². The Hall–Kier alpha value is -1.93. The molecule has 1 saturated heterocycles. The lowest BCUT2D eigenvalue weighted by Gasteiger charge is -2.35. The van der Waals surface area contributed by atoms with E-state index in [1.807, 2.05) is 0 Å². The average Bonchev–Trinajstić information content (AvgIpc) is 2.54. The number of carbonyl (C=O) groups excluding carboxylic acids is 1. The molecular weight excluding hydrogens is 271 g/mol. The summed E-state index contributed by atoms with van der Waals surface area (Å²) in [7, 11) is 1.62. The first kappa shape index (κ1) is 15.5. The van der Waals surface area contributed by atoms with Gasteiger partial charge in [0.2, 0.25) is 5.91 Å². The summed E-state index contributed by atoms with van der Waals surface area (Å²) in [5, 5.41) is 9.44. The third kappa shape index (κ3) is 2.91. The van der Waals surface area contributed by atoms with Gasteiger partial charge in [-0.1, -0.05) is 18.2 Å². The van der Waals surface area contributed by atoms with Crippen LogP contribution in [0.3, 0.4) is 0 Å². The summed E-state index contributed by atoms with van der Waals surface area (Å²) < 4.78 is 19.1. The van der Waals surface area contributed by atoms with E-state index >= 15 is 0 Å². The highest BCUT2D eigenvalue weighted by Crippen LogP contribution is 2.34. The van der Waals surface area contributed by atoms with Gasteiger partial charge < -0.3 is 9.64 Å². The summed E-state index contributed by atoms with van der Waals surface area (Å²) in [6, 6.07) is 8.11. The zero-order chi connectivity index (χ0) is 15.5. The van der Waals surface area contributed by atoms with Gasteiger partial charge in [0.1, 0.15) is 11.2 Å². The molecule has 21 heavy (non-hydrogen) atoms. The molecule has 0 bridgehead atoms. The third-order valence-electron chi connectivity index (χ3n) is 4.23. The van der Waals surface area contributed by atoms with Crippen LogP contribution in [0.1, 0.15) is 31.4 Å². The van der Waals surface area contributed by atoms with E-state index in [2.05, 4.69) is 6.07 Å². The Labute approximate surface area is 124 Å². The van der Waals surface area contributed by atoms with Crippen LogP contribution in [0.25, 0.3) is 0 Å². The molecule has 0 aromatic heterocycles. The van der Waals surface area contributed by atoms with E-state index in [1.54, 1.807) is 32.2 Å². The topological polar surface area (TPSA) is 53.3 Å². The monoisotopic (exact) mass is 290 g/mol. The van der Waals surface area contributed by atoms with Crippen molar-refractivity contribution in [3.05, 3.63) is 35.6 Å². The van der Waals surface area contributed by atoms with Gasteiger partial charge in [0, 0.05) is 25.8 Å². The second-order valence-corrected chi connectivity index (χ2v) is 5.42. The summed E-state index contributed by atoms with van der Waals surface area (Å²) in [5.41, 5.74) is -0.597. The second-order valence-electron chi connectivity index (χ2n) is 5.42. The molecule has 112 valence electrons. The lowest BCUT2D eigenvalue weighted by molar-refractivity contribution is -0.144. The Bertz CT molecular complexity index is 562. The van der Waals surface area contributed by atoms with E-state index in [-0.39, 0.29) is 11.7 Å². The molecular formula is C16H19FN2O2. The molecule has 1 aromatic rings. The fourth-order valence-electron chi connectivity index (χ4n) is 2.63. The minimum atomic E-state index is -1.05. The molecule has 1 unspecified atom stereocenters. The van der Waals surface area contributed by atoms with Gasteiger partial charge in [-0.3, -0.25) is 4.79 Å². The Kier molecular flexibility index (Phi) is 4.59. The van der Waals surface area contributed by atoms with Gasteiger partial charge in [0.05, 0.1) is 12.1 Å². The van der Waals surface area contributed by atoms with Crippen LogP contribution < -0.4 is 0 Å². The van der Waals surface area contributed by atoms with E-state index in [0.29, 0.717) is 31.6 Å². The molecule has 0 aliphatic carbocycles. The van der Waals surface area contributed by atoms with Crippen molar-refractivity contribution in [3.8, 4) is 6.07 Å². The highest BCUT2D eigenvalue weighted by Gasteiger charge is 2.43. The maximum Gasteiger partial charge on any atom is 0.243 e. The Morgan fingerprint density at radius 3 is 2.62 bits per heavy atom. The van der Waals surface area contributed by atoms with Crippen LogP contribution in [0.4, 0.5) is 4.39 Å². The van der Waals surface area contributed by atoms with Gasteiger partial charge in [-0.2, -0.15) is 5.26 Å². The first-order valence-electron chi connectivity index (χ1n) is 7.02. The molecule has 1 atom stereocenters. The van der Waals surface area contributed by atoms with Crippen molar-refractivity contribution in [3.63, 3.8) is 0 Å². The lowest BCUT2D eigenvalue weighted by Crippen LogP contribution is -2.45. The summed E-state index contributed by atoms with van der Waals surface area (Å²) in [6.07, 6.45) is 0.771. The molecule has 1 heterocycles. The lowest BCUT2D eigenvalue weighted by atomic mass is 9.80. The van der Waals surface area contributed by atoms with E-state index in [9.17, 15) is 14.4 Å². The number of nitriles is 1. The number of nitrogens with zero attached hydrogens (tertiary/aromatic N) is 2. The van der Waals surface area contributed by atoms with Crippen LogP contribution in [0.2, 0.25) is 0 Å². The Morgan fingerprint density at radius 2 is 2.05 bits per heavy atom. The molecule has 1 aliphatic heterocycles.